The van der Waals surface area contributed by atoms with Gasteiger partial charge in [-0.25, -0.2) is 0 Å². The van der Waals surface area contributed by atoms with E-state index in [2.05, 4.69) is 17.4 Å². The number of nitrogens with one attached hydrogen (secondary N) is 1. The van der Waals surface area contributed by atoms with E-state index in [1.165, 1.54) is 0 Å². The molecule has 2 heterocycles. The predicted octanol–water partition coefficient (Wildman–Crippen LogP) is 2.95. The number of hydrogen-bond donors (Lipinski definition) is 2. The summed E-state index contributed by atoms with van der Waals surface area (Å²) in [6.07, 6.45) is 0.302. The van der Waals surface area contributed by atoms with Gasteiger partial charge in [0.25, 0.3) is 0 Å². The van der Waals surface area contributed by atoms with Crippen LogP contribution in [0, 0.1) is 13.8 Å². The zero-order chi connectivity index (χ0) is 13.8. The van der Waals surface area contributed by atoms with Gasteiger partial charge in [0, 0.05) is 23.0 Å². The monoisotopic (exact) mass is 280 g/mol. The van der Waals surface area contributed by atoms with Crippen LogP contribution in [0.25, 0.3) is 0 Å². The molecule has 19 heavy (non-hydrogen) atoms. The molecule has 2 rings (SSSR count). The van der Waals surface area contributed by atoms with Crippen molar-refractivity contribution in [3.63, 3.8) is 0 Å². The number of aryl methyl sites for hydroxylation is 2. The van der Waals surface area contributed by atoms with Crippen LogP contribution in [0.1, 0.15) is 41.3 Å². The predicted molar refractivity (Wildman–Crippen MR) is 76.2 cm³/mol. The second-order valence-corrected chi connectivity index (χ2v) is 5.83. The molecule has 2 aromatic rings. The first kappa shape index (κ1) is 14.2. The van der Waals surface area contributed by atoms with Crippen LogP contribution in [0.5, 0.6) is 0 Å². The largest absolute Gasteiger partial charge is 0.388 e. The second kappa shape index (κ2) is 6.32. The van der Waals surface area contributed by atoms with E-state index in [1.54, 1.807) is 11.3 Å². The molecule has 0 aliphatic heterocycles. The van der Waals surface area contributed by atoms with Crippen LogP contribution in [0.3, 0.4) is 0 Å². The van der Waals surface area contributed by atoms with Gasteiger partial charge in [-0.05, 0) is 38.6 Å². The Hall–Kier alpha value is -1.17. The van der Waals surface area contributed by atoms with Crippen molar-refractivity contribution >= 4 is 11.3 Å². The minimum absolute atomic E-state index is 0.228. The highest BCUT2D eigenvalue weighted by atomic mass is 32.1. The van der Waals surface area contributed by atoms with Crippen molar-refractivity contribution < 1.29 is 9.63 Å². The van der Waals surface area contributed by atoms with E-state index in [0.717, 1.165) is 28.4 Å². The summed E-state index contributed by atoms with van der Waals surface area (Å²) in [5.74, 6) is 0.857. The Kier molecular flexibility index (Phi) is 4.74. The molecule has 0 saturated carbocycles. The number of aliphatic hydroxyl groups is 1. The molecule has 104 valence electrons. The fourth-order valence-electron chi connectivity index (χ4n) is 2.05. The van der Waals surface area contributed by atoms with Crippen LogP contribution < -0.4 is 5.32 Å². The Morgan fingerprint density at radius 1 is 1.47 bits per heavy atom. The highest BCUT2D eigenvalue weighted by Gasteiger charge is 2.14. The lowest BCUT2D eigenvalue weighted by atomic mass is 10.1. The van der Waals surface area contributed by atoms with Crippen molar-refractivity contribution in [3.8, 4) is 0 Å². The summed E-state index contributed by atoms with van der Waals surface area (Å²) >= 11 is 1.59. The van der Waals surface area contributed by atoms with Crippen LogP contribution in [-0.4, -0.2) is 16.3 Å². The fraction of sp³-hybridized carbons (Fsp3) is 0.500. The fourth-order valence-corrected chi connectivity index (χ4v) is 2.77. The summed E-state index contributed by atoms with van der Waals surface area (Å²) in [4.78, 5) is 1.02. The molecular formula is C14H20N2O2S. The average Bonchev–Trinajstić information content (AvgIpc) is 2.98. The maximum absolute atomic E-state index is 10.1. The average molecular weight is 280 g/mol. The van der Waals surface area contributed by atoms with Gasteiger partial charge in [0.1, 0.15) is 5.76 Å². The van der Waals surface area contributed by atoms with Gasteiger partial charge in [0.05, 0.1) is 11.8 Å². The summed E-state index contributed by atoms with van der Waals surface area (Å²) in [7, 11) is 0. The molecule has 0 aromatic carbocycles. The normalized spacial score (nSPS) is 14.5. The molecule has 2 N–H and O–H groups in total. The minimum Gasteiger partial charge on any atom is -0.388 e. The van der Waals surface area contributed by atoms with E-state index in [0.29, 0.717) is 6.42 Å². The molecule has 0 fully saturated rings. The van der Waals surface area contributed by atoms with E-state index in [9.17, 15) is 5.11 Å². The molecule has 4 nitrogen and oxygen atoms in total. The van der Waals surface area contributed by atoms with Gasteiger partial charge in [-0.1, -0.05) is 11.2 Å². The molecule has 2 atom stereocenters. The topological polar surface area (TPSA) is 58.3 Å². The molecule has 0 saturated heterocycles. The molecular weight excluding hydrogens is 260 g/mol. The van der Waals surface area contributed by atoms with Crippen molar-refractivity contribution in [2.45, 2.75) is 45.9 Å². The summed E-state index contributed by atoms with van der Waals surface area (Å²) in [5, 5.41) is 19.4. The SMILES string of the molecule is Cc1noc(C)c1CN[C@H](C)C[C@H](O)c1cccs1. The highest BCUT2D eigenvalue weighted by Crippen LogP contribution is 2.23. The zero-order valence-corrected chi connectivity index (χ0v) is 12.3. The number of rotatable bonds is 6. The molecule has 0 amide bonds. The molecule has 0 spiro atoms. The van der Waals surface area contributed by atoms with Crippen LogP contribution in [0.2, 0.25) is 0 Å². The number of hydrogen-bond acceptors (Lipinski definition) is 5. The molecule has 0 aliphatic carbocycles. The molecule has 0 unspecified atom stereocenters. The van der Waals surface area contributed by atoms with Crippen LogP contribution in [-0.2, 0) is 6.54 Å². The van der Waals surface area contributed by atoms with Gasteiger partial charge in [0.2, 0.25) is 0 Å². The minimum atomic E-state index is -0.396. The lowest BCUT2D eigenvalue weighted by Gasteiger charge is -2.17. The number of nitrogens with zero attached hydrogens (tertiary/aromatic N) is 1. The van der Waals surface area contributed by atoms with Gasteiger partial charge in [-0.3, -0.25) is 0 Å². The van der Waals surface area contributed by atoms with Crippen molar-refractivity contribution in [1.29, 1.82) is 0 Å². The standard InChI is InChI=1S/C14H20N2O2S/c1-9(7-13(17)14-5-4-6-19-14)15-8-12-10(2)16-18-11(12)3/h4-6,9,13,15,17H,7-8H2,1-3H3/t9-,13+/m1/s1. The third kappa shape index (κ3) is 3.65. The van der Waals surface area contributed by atoms with E-state index in [4.69, 9.17) is 4.52 Å². The number of aliphatic hydroxyl groups excluding tert-OH is 1. The first-order valence-electron chi connectivity index (χ1n) is 6.44. The maximum Gasteiger partial charge on any atom is 0.138 e. The van der Waals surface area contributed by atoms with Gasteiger partial charge in [-0.15, -0.1) is 11.3 Å². The van der Waals surface area contributed by atoms with E-state index < -0.39 is 6.10 Å². The van der Waals surface area contributed by atoms with Crippen molar-refractivity contribution in [2.24, 2.45) is 0 Å². The summed E-state index contributed by atoms with van der Waals surface area (Å²) in [6.45, 7) is 6.66. The van der Waals surface area contributed by atoms with Gasteiger partial charge in [0.15, 0.2) is 0 Å². The molecule has 2 aromatic heterocycles. The Morgan fingerprint density at radius 2 is 2.26 bits per heavy atom. The summed E-state index contributed by atoms with van der Waals surface area (Å²) in [5.41, 5.74) is 2.04. The quantitative estimate of drug-likeness (QED) is 0.854. The third-order valence-corrected chi connectivity index (χ3v) is 4.23. The third-order valence-electron chi connectivity index (χ3n) is 3.26. The lowest BCUT2D eigenvalue weighted by molar-refractivity contribution is 0.157. The Morgan fingerprint density at radius 3 is 2.84 bits per heavy atom. The first-order chi connectivity index (χ1) is 9.08. The van der Waals surface area contributed by atoms with Gasteiger partial charge < -0.3 is 14.9 Å². The number of aromatic nitrogens is 1. The van der Waals surface area contributed by atoms with Crippen molar-refractivity contribution in [3.05, 3.63) is 39.4 Å². The van der Waals surface area contributed by atoms with E-state index >= 15 is 0 Å². The Bertz CT molecular complexity index is 488. The summed E-state index contributed by atoms with van der Waals surface area (Å²) in [6, 6.07) is 4.16. The Balaban J connectivity index is 1.83. The molecule has 0 bridgehead atoms. The highest BCUT2D eigenvalue weighted by molar-refractivity contribution is 7.10. The van der Waals surface area contributed by atoms with Crippen LogP contribution in [0.15, 0.2) is 22.0 Å². The smallest absolute Gasteiger partial charge is 0.138 e. The second-order valence-electron chi connectivity index (χ2n) is 4.85. The molecule has 0 radical (unpaired) electrons. The number of thiophene rings is 1. The van der Waals surface area contributed by atoms with Crippen molar-refractivity contribution in [2.75, 3.05) is 0 Å². The molecule has 5 heteroatoms. The van der Waals surface area contributed by atoms with E-state index in [1.807, 2.05) is 31.4 Å². The first-order valence-corrected chi connectivity index (χ1v) is 7.32. The van der Waals surface area contributed by atoms with Crippen molar-refractivity contribution in [1.82, 2.24) is 10.5 Å². The van der Waals surface area contributed by atoms with Gasteiger partial charge >= 0.3 is 0 Å². The van der Waals surface area contributed by atoms with E-state index in [-0.39, 0.29) is 6.04 Å². The summed E-state index contributed by atoms with van der Waals surface area (Å²) < 4.78 is 5.13. The molecule has 0 aliphatic rings. The Labute approximate surface area is 117 Å². The van der Waals surface area contributed by atoms with Gasteiger partial charge in [-0.2, -0.15) is 0 Å². The van der Waals surface area contributed by atoms with Crippen LogP contribution >= 0.6 is 11.3 Å². The van der Waals surface area contributed by atoms with Crippen LogP contribution in [0.4, 0.5) is 0 Å². The maximum atomic E-state index is 10.1. The lowest BCUT2D eigenvalue weighted by Crippen LogP contribution is -2.27. The zero-order valence-electron chi connectivity index (χ0n) is 11.5.